The third-order valence-electron chi connectivity index (χ3n) is 3.27. The molecule has 0 spiro atoms. The number of carbonyl (C=O) groups excluding carboxylic acids is 1. The van der Waals surface area contributed by atoms with E-state index >= 15 is 0 Å². The highest BCUT2D eigenvalue weighted by Crippen LogP contribution is 2.14. The monoisotopic (exact) mass is 348 g/mol. The Labute approximate surface area is 141 Å². The lowest BCUT2D eigenvalue weighted by Gasteiger charge is -2.08. The van der Waals surface area contributed by atoms with E-state index in [4.69, 9.17) is 9.88 Å². The number of sulfonamides is 1. The molecule has 0 heterocycles. The van der Waals surface area contributed by atoms with E-state index in [0.29, 0.717) is 17.9 Å². The molecule has 24 heavy (non-hydrogen) atoms. The van der Waals surface area contributed by atoms with Gasteiger partial charge in [-0.05, 0) is 42.3 Å². The average Bonchev–Trinajstić information content (AvgIpc) is 2.57. The van der Waals surface area contributed by atoms with Crippen molar-refractivity contribution in [3.05, 3.63) is 59.7 Å². The molecule has 0 radical (unpaired) electrons. The zero-order chi connectivity index (χ0) is 17.6. The molecule has 6 nitrogen and oxygen atoms in total. The molecule has 0 aliphatic rings. The number of rotatable bonds is 7. The van der Waals surface area contributed by atoms with E-state index in [0.717, 1.165) is 12.0 Å². The molecule has 7 heteroatoms. The lowest BCUT2D eigenvalue weighted by Crippen LogP contribution is -2.22. The van der Waals surface area contributed by atoms with Crippen LogP contribution in [-0.4, -0.2) is 20.9 Å². The Morgan fingerprint density at radius 1 is 1.17 bits per heavy atom. The minimum absolute atomic E-state index is 0.0401. The van der Waals surface area contributed by atoms with Crippen molar-refractivity contribution in [2.24, 2.45) is 5.14 Å². The molecule has 0 saturated carbocycles. The second kappa shape index (κ2) is 7.94. The maximum absolute atomic E-state index is 12.2. The fourth-order valence-electron chi connectivity index (χ4n) is 2.03. The molecule has 0 aromatic heterocycles. The third-order valence-corrected chi connectivity index (χ3v) is 4.20. The van der Waals surface area contributed by atoms with Crippen molar-refractivity contribution < 1.29 is 17.9 Å². The molecule has 2 aromatic rings. The Balaban J connectivity index is 1.98. The Hall–Kier alpha value is -2.38. The maximum Gasteiger partial charge on any atom is 0.251 e. The van der Waals surface area contributed by atoms with Crippen LogP contribution in [0.25, 0.3) is 0 Å². The molecule has 2 aromatic carbocycles. The maximum atomic E-state index is 12.2. The molecular formula is C17H20N2O4S. The number of primary sulfonamides is 1. The van der Waals surface area contributed by atoms with Crippen molar-refractivity contribution in [2.75, 3.05) is 6.61 Å². The number of ether oxygens (including phenoxy) is 1. The van der Waals surface area contributed by atoms with Gasteiger partial charge in [0, 0.05) is 12.1 Å². The Bertz CT molecular complexity index is 802. The summed E-state index contributed by atoms with van der Waals surface area (Å²) >= 11 is 0. The first-order valence-corrected chi connectivity index (χ1v) is 9.07. The number of hydrogen-bond donors (Lipinski definition) is 2. The normalized spacial score (nSPS) is 11.1. The molecule has 0 fully saturated rings. The van der Waals surface area contributed by atoms with Gasteiger partial charge in [0.2, 0.25) is 10.0 Å². The number of hydrogen-bond acceptors (Lipinski definition) is 4. The topological polar surface area (TPSA) is 98.5 Å². The molecule has 0 saturated heterocycles. The predicted octanol–water partition coefficient (Wildman–Crippen LogP) is 2.05. The summed E-state index contributed by atoms with van der Waals surface area (Å²) in [4.78, 5) is 12.2. The van der Waals surface area contributed by atoms with E-state index in [1.165, 1.54) is 12.1 Å². The highest BCUT2D eigenvalue weighted by Gasteiger charge is 2.09. The van der Waals surface area contributed by atoms with Crippen LogP contribution in [0.5, 0.6) is 5.75 Å². The van der Waals surface area contributed by atoms with Gasteiger partial charge in [0.15, 0.2) is 0 Å². The van der Waals surface area contributed by atoms with Crippen molar-refractivity contribution in [3.8, 4) is 5.75 Å². The minimum atomic E-state index is -3.71. The van der Waals surface area contributed by atoms with Gasteiger partial charge in [-0.3, -0.25) is 4.79 Å². The molecule has 1 amide bonds. The van der Waals surface area contributed by atoms with Crippen LogP contribution >= 0.6 is 0 Å². The van der Waals surface area contributed by atoms with E-state index in [1.54, 1.807) is 36.4 Å². The first kappa shape index (κ1) is 18.0. The molecule has 0 aliphatic carbocycles. The summed E-state index contributed by atoms with van der Waals surface area (Å²) in [6.07, 6.45) is 0.894. The van der Waals surface area contributed by atoms with Gasteiger partial charge in [0.05, 0.1) is 11.5 Å². The number of nitrogens with two attached hydrogens (primary N) is 1. The summed E-state index contributed by atoms with van der Waals surface area (Å²) in [5, 5.41) is 7.83. The summed E-state index contributed by atoms with van der Waals surface area (Å²) in [7, 11) is -3.71. The van der Waals surface area contributed by atoms with Gasteiger partial charge >= 0.3 is 0 Å². The summed E-state index contributed by atoms with van der Waals surface area (Å²) in [6, 6.07) is 13.0. The fraction of sp³-hybridized carbons (Fsp3) is 0.235. The Morgan fingerprint density at radius 3 is 2.50 bits per heavy atom. The van der Waals surface area contributed by atoms with Crippen molar-refractivity contribution in [2.45, 2.75) is 24.8 Å². The summed E-state index contributed by atoms with van der Waals surface area (Å²) in [5.74, 6) is 0.425. The molecule has 3 N–H and O–H groups in total. The summed E-state index contributed by atoms with van der Waals surface area (Å²) in [5.41, 5.74) is 1.28. The van der Waals surface area contributed by atoms with E-state index in [-0.39, 0.29) is 17.3 Å². The minimum Gasteiger partial charge on any atom is -0.494 e. The summed E-state index contributed by atoms with van der Waals surface area (Å²) < 4.78 is 27.9. The quantitative estimate of drug-likeness (QED) is 0.800. The van der Waals surface area contributed by atoms with Crippen LogP contribution < -0.4 is 15.2 Å². The molecule has 0 bridgehead atoms. The smallest absolute Gasteiger partial charge is 0.251 e. The van der Waals surface area contributed by atoms with Gasteiger partial charge in [-0.25, -0.2) is 13.6 Å². The van der Waals surface area contributed by atoms with Crippen molar-refractivity contribution in [1.82, 2.24) is 5.32 Å². The van der Waals surface area contributed by atoms with Gasteiger partial charge in [-0.1, -0.05) is 25.1 Å². The lowest BCUT2D eigenvalue weighted by molar-refractivity contribution is 0.0950. The van der Waals surface area contributed by atoms with E-state index in [2.05, 4.69) is 5.32 Å². The Kier molecular flexibility index (Phi) is 5.94. The molecule has 0 atom stereocenters. The summed E-state index contributed by atoms with van der Waals surface area (Å²) in [6.45, 7) is 2.89. The SMILES string of the molecule is CCCOc1cccc(C(=O)NCc2ccc(S(N)(=O)=O)cc2)c1. The molecular weight excluding hydrogens is 328 g/mol. The van der Waals surface area contributed by atoms with Crippen LogP contribution in [0.1, 0.15) is 29.3 Å². The number of nitrogens with one attached hydrogen (secondary N) is 1. The predicted molar refractivity (Wildman–Crippen MR) is 91.2 cm³/mol. The third kappa shape index (κ3) is 5.07. The van der Waals surface area contributed by atoms with Crippen molar-refractivity contribution >= 4 is 15.9 Å². The highest BCUT2D eigenvalue weighted by molar-refractivity contribution is 7.89. The molecule has 0 unspecified atom stereocenters. The average molecular weight is 348 g/mol. The molecule has 2 rings (SSSR count). The largest absolute Gasteiger partial charge is 0.494 e. The zero-order valence-electron chi connectivity index (χ0n) is 13.4. The van der Waals surface area contributed by atoms with E-state index in [9.17, 15) is 13.2 Å². The molecule has 0 aliphatic heterocycles. The number of amides is 1. The molecule has 128 valence electrons. The van der Waals surface area contributed by atoms with Crippen molar-refractivity contribution in [3.63, 3.8) is 0 Å². The highest BCUT2D eigenvalue weighted by atomic mass is 32.2. The Morgan fingerprint density at radius 2 is 1.88 bits per heavy atom. The van der Waals surface area contributed by atoms with E-state index < -0.39 is 10.0 Å². The first-order valence-electron chi connectivity index (χ1n) is 7.53. The zero-order valence-corrected chi connectivity index (χ0v) is 14.2. The number of benzene rings is 2. The van der Waals surface area contributed by atoms with Crippen LogP contribution in [0.2, 0.25) is 0 Å². The van der Waals surface area contributed by atoms with Gasteiger partial charge in [-0.15, -0.1) is 0 Å². The standard InChI is InChI=1S/C17H20N2O4S/c1-2-10-23-15-5-3-4-14(11-15)17(20)19-12-13-6-8-16(9-7-13)24(18,21)22/h3-9,11H,2,10,12H2,1H3,(H,19,20)(H2,18,21,22). The van der Waals surface area contributed by atoms with Gasteiger partial charge < -0.3 is 10.1 Å². The lowest BCUT2D eigenvalue weighted by atomic mass is 10.2. The van der Waals surface area contributed by atoms with Crippen LogP contribution in [0.3, 0.4) is 0 Å². The number of carbonyl (C=O) groups is 1. The second-order valence-corrected chi connectivity index (χ2v) is 6.81. The van der Waals surface area contributed by atoms with E-state index in [1.807, 2.05) is 6.92 Å². The van der Waals surface area contributed by atoms with Crippen molar-refractivity contribution in [1.29, 1.82) is 0 Å². The van der Waals surface area contributed by atoms with Gasteiger partial charge in [0.1, 0.15) is 5.75 Å². The van der Waals surface area contributed by atoms with Gasteiger partial charge in [-0.2, -0.15) is 0 Å². The first-order chi connectivity index (χ1) is 11.4. The van der Waals surface area contributed by atoms with Crippen LogP contribution in [0.4, 0.5) is 0 Å². The fourth-order valence-corrected chi connectivity index (χ4v) is 2.54. The van der Waals surface area contributed by atoms with Gasteiger partial charge in [0.25, 0.3) is 5.91 Å². The van der Waals surface area contributed by atoms with Crippen LogP contribution in [0.15, 0.2) is 53.4 Å². The van der Waals surface area contributed by atoms with Crippen LogP contribution in [-0.2, 0) is 16.6 Å². The van der Waals surface area contributed by atoms with Crippen LogP contribution in [0, 0.1) is 0 Å². The second-order valence-electron chi connectivity index (χ2n) is 5.25.